The molecule has 0 aliphatic carbocycles. The zero-order valence-corrected chi connectivity index (χ0v) is 25.6. The lowest BCUT2D eigenvalue weighted by Crippen LogP contribution is -2.54. The molecule has 0 aromatic heterocycles. The molecule has 0 saturated carbocycles. The van der Waals surface area contributed by atoms with E-state index in [4.69, 9.17) is 18.9 Å². The summed E-state index contributed by atoms with van der Waals surface area (Å²) in [5, 5.41) is 0. The van der Waals surface area contributed by atoms with Crippen LogP contribution in [-0.2, 0) is 22.4 Å². The third kappa shape index (κ3) is 5.20. The first-order valence-corrected chi connectivity index (χ1v) is 13.9. The molecule has 2 aliphatic rings. The van der Waals surface area contributed by atoms with Crippen LogP contribution >= 0.6 is 0 Å². The number of carbonyl (C=O) groups excluding carboxylic acids is 2. The molecule has 0 saturated heterocycles. The number of fused-ring (bicyclic) bond motifs is 2. The Morgan fingerprint density at radius 1 is 0.600 bits per heavy atom. The van der Waals surface area contributed by atoms with Gasteiger partial charge >= 0.3 is 0 Å². The number of carbonyl (C=O) groups is 2. The topological polar surface area (TPSA) is 77.5 Å². The molecule has 0 radical (unpaired) electrons. The average Bonchev–Trinajstić information content (AvgIpc) is 2.92. The molecule has 218 valence electrons. The van der Waals surface area contributed by atoms with Crippen molar-refractivity contribution in [3.8, 4) is 23.0 Å². The van der Waals surface area contributed by atoms with Crippen molar-refractivity contribution in [2.24, 2.45) is 10.8 Å². The Morgan fingerprint density at radius 2 is 0.900 bits per heavy atom. The summed E-state index contributed by atoms with van der Waals surface area (Å²) in [6.45, 7) is 12.7. The molecule has 0 bridgehead atoms. The first-order chi connectivity index (χ1) is 18.8. The number of rotatable bonds is 5. The summed E-state index contributed by atoms with van der Waals surface area (Å²) in [6.07, 6.45) is 1.35. The minimum absolute atomic E-state index is 0.0358. The van der Waals surface area contributed by atoms with E-state index in [9.17, 15) is 9.59 Å². The molecule has 2 heterocycles. The van der Waals surface area contributed by atoms with Crippen LogP contribution in [0.1, 0.15) is 75.9 Å². The molecule has 0 spiro atoms. The van der Waals surface area contributed by atoms with Crippen molar-refractivity contribution in [1.29, 1.82) is 0 Å². The van der Waals surface area contributed by atoms with Gasteiger partial charge in [0.15, 0.2) is 23.0 Å². The maximum Gasteiger partial charge on any atom is 0.228 e. The lowest BCUT2D eigenvalue weighted by Gasteiger charge is -2.50. The molecule has 2 aromatic carbocycles. The Morgan fingerprint density at radius 3 is 1.18 bits per heavy atom. The second kappa shape index (κ2) is 10.9. The molecule has 0 fully saturated rings. The number of benzene rings is 2. The van der Waals surface area contributed by atoms with E-state index in [1.54, 1.807) is 28.4 Å². The predicted molar refractivity (Wildman–Crippen MR) is 154 cm³/mol. The molecule has 0 unspecified atom stereocenters. The van der Waals surface area contributed by atoms with Crippen LogP contribution in [-0.4, -0.2) is 63.1 Å². The number of hydrogen-bond donors (Lipinski definition) is 0. The highest BCUT2D eigenvalue weighted by atomic mass is 16.5. The molecule has 40 heavy (non-hydrogen) atoms. The molecule has 2 amide bonds. The van der Waals surface area contributed by atoms with Gasteiger partial charge in [-0.1, -0.05) is 41.5 Å². The van der Waals surface area contributed by atoms with Crippen LogP contribution in [0, 0.1) is 10.8 Å². The number of methoxy groups -OCH3 is 4. The summed E-state index contributed by atoms with van der Waals surface area (Å²) in [5.41, 5.74) is 2.86. The zero-order chi connectivity index (χ0) is 29.6. The van der Waals surface area contributed by atoms with E-state index in [1.807, 2.05) is 75.6 Å². The van der Waals surface area contributed by atoms with Gasteiger partial charge in [0, 0.05) is 23.9 Å². The second-order valence-electron chi connectivity index (χ2n) is 12.7. The van der Waals surface area contributed by atoms with Crippen molar-refractivity contribution >= 4 is 11.8 Å². The summed E-state index contributed by atoms with van der Waals surface area (Å²) in [5.74, 6) is 2.55. The summed E-state index contributed by atoms with van der Waals surface area (Å²) in [4.78, 5) is 32.1. The van der Waals surface area contributed by atoms with Crippen molar-refractivity contribution in [2.75, 3.05) is 41.5 Å². The maximum absolute atomic E-state index is 14.1. The Kier molecular flexibility index (Phi) is 8.03. The quantitative estimate of drug-likeness (QED) is 0.497. The van der Waals surface area contributed by atoms with Gasteiger partial charge in [0.2, 0.25) is 11.8 Å². The SMILES string of the molecule is COc1cc2c(cc1OC)[C@@H]([C@@H]1c3cc(OC)c(OC)cc3CCN1C(=O)C(C)(C)C)N(C(=O)C(C)(C)C)CC2. The lowest BCUT2D eigenvalue weighted by molar-refractivity contribution is -0.151. The van der Waals surface area contributed by atoms with Crippen LogP contribution in [0.3, 0.4) is 0 Å². The van der Waals surface area contributed by atoms with Crippen molar-refractivity contribution in [3.05, 3.63) is 46.5 Å². The number of amides is 2. The molecule has 2 atom stereocenters. The molecule has 0 N–H and O–H groups in total. The van der Waals surface area contributed by atoms with E-state index in [2.05, 4.69) is 0 Å². The van der Waals surface area contributed by atoms with Gasteiger partial charge in [-0.25, -0.2) is 0 Å². The van der Waals surface area contributed by atoms with Gasteiger partial charge < -0.3 is 28.7 Å². The summed E-state index contributed by atoms with van der Waals surface area (Å²) < 4.78 is 22.7. The number of ether oxygens (including phenoxy) is 4. The van der Waals surface area contributed by atoms with Gasteiger partial charge in [-0.15, -0.1) is 0 Å². The van der Waals surface area contributed by atoms with Crippen LogP contribution in [0.25, 0.3) is 0 Å². The van der Waals surface area contributed by atoms with Gasteiger partial charge in [-0.3, -0.25) is 9.59 Å². The molecule has 2 aromatic rings. The van der Waals surface area contributed by atoms with Gasteiger partial charge in [-0.05, 0) is 59.4 Å². The van der Waals surface area contributed by atoms with Crippen LogP contribution in [0.5, 0.6) is 23.0 Å². The smallest absolute Gasteiger partial charge is 0.228 e. The highest BCUT2D eigenvalue weighted by molar-refractivity contribution is 5.84. The third-order valence-corrected chi connectivity index (χ3v) is 7.95. The monoisotopic (exact) mass is 552 g/mol. The van der Waals surface area contributed by atoms with Crippen molar-refractivity contribution in [1.82, 2.24) is 9.80 Å². The zero-order valence-electron chi connectivity index (χ0n) is 25.6. The first-order valence-electron chi connectivity index (χ1n) is 13.9. The van der Waals surface area contributed by atoms with Crippen molar-refractivity contribution in [3.63, 3.8) is 0 Å². The molecule has 8 heteroatoms. The summed E-state index contributed by atoms with van der Waals surface area (Å²) >= 11 is 0. The van der Waals surface area contributed by atoms with E-state index in [1.165, 1.54) is 0 Å². The molecular formula is C32H44N2O6. The van der Waals surface area contributed by atoms with E-state index < -0.39 is 22.9 Å². The van der Waals surface area contributed by atoms with Crippen LogP contribution in [0.4, 0.5) is 0 Å². The van der Waals surface area contributed by atoms with E-state index >= 15 is 0 Å². The Hall–Kier alpha value is -3.42. The molecular weight excluding hydrogens is 508 g/mol. The van der Waals surface area contributed by atoms with Gasteiger partial charge in [-0.2, -0.15) is 0 Å². The van der Waals surface area contributed by atoms with Crippen LogP contribution in [0.2, 0.25) is 0 Å². The first kappa shape index (κ1) is 29.6. The van der Waals surface area contributed by atoms with E-state index in [0.29, 0.717) is 48.9 Å². The van der Waals surface area contributed by atoms with Crippen LogP contribution < -0.4 is 18.9 Å². The fraction of sp³-hybridized carbons (Fsp3) is 0.562. The fourth-order valence-electron chi connectivity index (χ4n) is 5.95. The largest absolute Gasteiger partial charge is 0.493 e. The Balaban J connectivity index is 2.05. The molecule has 8 nitrogen and oxygen atoms in total. The minimum Gasteiger partial charge on any atom is -0.493 e. The molecule has 2 aliphatic heterocycles. The van der Waals surface area contributed by atoms with E-state index in [0.717, 1.165) is 22.3 Å². The normalized spacial score (nSPS) is 18.9. The van der Waals surface area contributed by atoms with E-state index in [-0.39, 0.29) is 11.8 Å². The summed E-state index contributed by atoms with van der Waals surface area (Å²) in [6, 6.07) is 7.09. The standard InChI is InChI=1S/C32H44N2O6/c1-31(2,3)29(35)33-13-11-19-15-23(37-7)25(39-9)17-21(19)27(33)28-22-18-26(40-10)24(38-8)16-20(22)12-14-34(28)30(36)32(4,5)6/h15-18,27-28H,11-14H2,1-10H3/t27-,28-/m0/s1. The average molecular weight is 553 g/mol. The highest BCUT2D eigenvalue weighted by Gasteiger charge is 2.47. The second-order valence-corrected chi connectivity index (χ2v) is 12.7. The number of hydrogen-bond acceptors (Lipinski definition) is 6. The van der Waals surface area contributed by atoms with Gasteiger partial charge in [0.25, 0.3) is 0 Å². The van der Waals surface area contributed by atoms with Gasteiger partial charge in [0.1, 0.15) is 0 Å². The highest BCUT2D eigenvalue weighted by Crippen LogP contribution is 2.51. The molecule has 4 rings (SSSR count). The van der Waals surface area contributed by atoms with Crippen molar-refractivity contribution in [2.45, 2.75) is 66.5 Å². The Labute approximate surface area is 238 Å². The third-order valence-electron chi connectivity index (χ3n) is 7.95. The minimum atomic E-state index is -0.611. The predicted octanol–water partition coefficient (Wildman–Crippen LogP) is 5.37. The van der Waals surface area contributed by atoms with Crippen LogP contribution in [0.15, 0.2) is 24.3 Å². The van der Waals surface area contributed by atoms with Crippen molar-refractivity contribution < 1.29 is 28.5 Å². The van der Waals surface area contributed by atoms with Gasteiger partial charge in [0.05, 0.1) is 40.5 Å². The number of nitrogens with zero attached hydrogens (tertiary/aromatic N) is 2. The fourth-order valence-corrected chi connectivity index (χ4v) is 5.95. The Bertz CT molecular complexity index is 1190. The maximum atomic E-state index is 14.1. The lowest BCUT2D eigenvalue weighted by atomic mass is 9.78. The summed E-state index contributed by atoms with van der Waals surface area (Å²) in [7, 11) is 6.48.